The molecule has 5 N–H and O–H groups in total. The molecule has 0 unspecified atom stereocenters. The van der Waals surface area contributed by atoms with E-state index in [9.17, 15) is 9.59 Å². The smallest absolute Gasteiger partial charge is 0.408 e. The maximum absolute atomic E-state index is 12.4. The summed E-state index contributed by atoms with van der Waals surface area (Å²) in [6.45, 7) is 7.17. The summed E-state index contributed by atoms with van der Waals surface area (Å²) < 4.78 is 5.18. The van der Waals surface area contributed by atoms with Crippen LogP contribution in [0.2, 0.25) is 5.02 Å². The predicted molar refractivity (Wildman–Crippen MR) is 147 cm³/mol. The number of nitrogens with zero attached hydrogens (tertiary/aromatic N) is 3. The second-order valence-corrected chi connectivity index (χ2v) is 10.00. The first-order valence-electron chi connectivity index (χ1n) is 11.9. The molecule has 0 radical (unpaired) electrons. The van der Waals surface area contributed by atoms with Crippen molar-refractivity contribution in [2.45, 2.75) is 45.9 Å². The van der Waals surface area contributed by atoms with Crippen molar-refractivity contribution >= 4 is 57.6 Å². The van der Waals surface area contributed by atoms with E-state index >= 15 is 0 Å². The second kappa shape index (κ2) is 11.3. The zero-order chi connectivity index (χ0) is 27.3. The Hall–Kier alpha value is -4.38. The summed E-state index contributed by atoms with van der Waals surface area (Å²) in [6.07, 6.45) is 0.808. The molecule has 12 heteroatoms. The maximum atomic E-state index is 12.4. The number of H-pyrrole nitrogens is 1. The molecule has 2 amide bonds. The standard InChI is InChI=1S/C26H29ClN8O3/c1-15(31-25(37)38-26(2,3)4)24(36)28-13-16-8-10-18(11-9-16)32-23-20-21(29-14-30-22(20)34-35-23)33-19-7-5-6-17(27)12-19/h5-12,14-15H,13H2,1-4H3,(H,28,36)(H,31,37)(H3,29,30,32,33,34,35)/t15-/m0/s1. The number of aromatic nitrogens is 4. The van der Waals surface area contributed by atoms with Gasteiger partial charge in [0, 0.05) is 22.9 Å². The van der Waals surface area contributed by atoms with Gasteiger partial charge < -0.3 is 26.0 Å². The Kier molecular flexibility index (Phi) is 7.96. The lowest BCUT2D eigenvalue weighted by Crippen LogP contribution is -2.46. The molecule has 0 saturated heterocycles. The topological polar surface area (TPSA) is 146 Å². The number of halogens is 1. The monoisotopic (exact) mass is 536 g/mol. The molecule has 0 aliphatic heterocycles. The van der Waals surface area contributed by atoms with Crippen LogP contribution < -0.4 is 21.3 Å². The van der Waals surface area contributed by atoms with Crippen molar-refractivity contribution < 1.29 is 14.3 Å². The summed E-state index contributed by atoms with van der Waals surface area (Å²) in [5.74, 6) is 0.802. The van der Waals surface area contributed by atoms with Crippen molar-refractivity contribution in [3.8, 4) is 0 Å². The van der Waals surface area contributed by atoms with Crippen LogP contribution in [0.15, 0.2) is 54.9 Å². The minimum absolute atomic E-state index is 0.298. The van der Waals surface area contributed by atoms with E-state index in [1.54, 1.807) is 39.8 Å². The van der Waals surface area contributed by atoms with Crippen molar-refractivity contribution in [2.24, 2.45) is 0 Å². The van der Waals surface area contributed by atoms with Crippen molar-refractivity contribution in [3.63, 3.8) is 0 Å². The number of nitrogens with one attached hydrogen (secondary N) is 5. The highest BCUT2D eigenvalue weighted by Gasteiger charge is 2.21. The van der Waals surface area contributed by atoms with Gasteiger partial charge in [0.15, 0.2) is 11.5 Å². The molecule has 198 valence electrons. The fourth-order valence-electron chi connectivity index (χ4n) is 3.48. The minimum atomic E-state index is -0.740. The Morgan fingerprint density at radius 1 is 1.03 bits per heavy atom. The lowest BCUT2D eigenvalue weighted by Gasteiger charge is -2.21. The molecule has 0 bridgehead atoms. The number of ether oxygens (including phenoxy) is 1. The molecule has 0 aliphatic rings. The molecule has 2 aromatic heterocycles. The van der Waals surface area contributed by atoms with Gasteiger partial charge in [-0.05, 0) is 63.6 Å². The Morgan fingerprint density at radius 3 is 2.47 bits per heavy atom. The van der Waals surface area contributed by atoms with Gasteiger partial charge in [-0.25, -0.2) is 14.8 Å². The van der Waals surface area contributed by atoms with Gasteiger partial charge in [-0.15, -0.1) is 0 Å². The van der Waals surface area contributed by atoms with Crippen LogP contribution in [0.4, 0.5) is 27.8 Å². The molecule has 11 nitrogen and oxygen atoms in total. The zero-order valence-electron chi connectivity index (χ0n) is 21.4. The molecule has 0 spiro atoms. The Balaban J connectivity index is 1.37. The number of carbonyl (C=O) groups is 2. The quantitative estimate of drug-likeness (QED) is 0.211. The first-order chi connectivity index (χ1) is 18.1. The Morgan fingerprint density at radius 2 is 1.76 bits per heavy atom. The van der Waals surface area contributed by atoms with Crippen LogP contribution in [0.25, 0.3) is 11.0 Å². The highest BCUT2D eigenvalue weighted by molar-refractivity contribution is 6.30. The Labute approximate surface area is 224 Å². The number of aromatic amines is 1. The molecular formula is C26H29ClN8O3. The van der Waals surface area contributed by atoms with E-state index in [1.165, 1.54) is 6.33 Å². The number of alkyl carbamates (subject to hydrolysis) is 1. The number of anilines is 4. The molecule has 0 aliphatic carbocycles. The predicted octanol–water partition coefficient (Wildman–Crippen LogP) is 5.02. The van der Waals surface area contributed by atoms with Crippen LogP contribution in [0, 0.1) is 0 Å². The van der Waals surface area contributed by atoms with E-state index < -0.39 is 17.7 Å². The summed E-state index contributed by atoms with van der Waals surface area (Å²) in [6, 6.07) is 14.1. The average molecular weight is 537 g/mol. The molecule has 0 saturated carbocycles. The van der Waals surface area contributed by atoms with E-state index in [0.717, 1.165) is 16.9 Å². The summed E-state index contributed by atoms with van der Waals surface area (Å²) in [7, 11) is 0. The van der Waals surface area contributed by atoms with Crippen LogP contribution in [-0.4, -0.2) is 43.8 Å². The molecule has 1 atom stereocenters. The highest BCUT2D eigenvalue weighted by Crippen LogP contribution is 2.30. The highest BCUT2D eigenvalue weighted by atomic mass is 35.5. The summed E-state index contributed by atoms with van der Waals surface area (Å²) in [5.41, 5.74) is 2.38. The van der Waals surface area contributed by atoms with Crippen LogP contribution in [0.3, 0.4) is 0 Å². The average Bonchev–Trinajstić information content (AvgIpc) is 3.26. The Bertz CT molecular complexity index is 1430. The number of hydrogen-bond acceptors (Lipinski definition) is 8. The van der Waals surface area contributed by atoms with Gasteiger partial charge in [0.2, 0.25) is 5.91 Å². The molecule has 2 aromatic carbocycles. The van der Waals surface area contributed by atoms with Crippen LogP contribution >= 0.6 is 11.6 Å². The minimum Gasteiger partial charge on any atom is -0.444 e. The zero-order valence-corrected chi connectivity index (χ0v) is 22.2. The number of rotatable bonds is 8. The van der Waals surface area contributed by atoms with Gasteiger partial charge in [0.05, 0.1) is 0 Å². The van der Waals surface area contributed by atoms with Crippen LogP contribution in [0.5, 0.6) is 0 Å². The third kappa shape index (κ3) is 7.10. The SMILES string of the molecule is C[C@H](NC(=O)OC(C)(C)C)C(=O)NCc1ccc(Nc2n[nH]c3ncnc(Nc4cccc(Cl)c4)c23)cc1. The number of fused-ring (bicyclic) bond motifs is 1. The van der Waals surface area contributed by atoms with Crippen LogP contribution in [-0.2, 0) is 16.1 Å². The third-order valence-electron chi connectivity index (χ3n) is 5.25. The molecule has 0 fully saturated rings. The molecule has 2 heterocycles. The largest absolute Gasteiger partial charge is 0.444 e. The van der Waals surface area contributed by atoms with E-state index in [2.05, 4.69) is 41.4 Å². The van der Waals surface area contributed by atoms with Crippen molar-refractivity contribution in [2.75, 3.05) is 10.6 Å². The lowest BCUT2D eigenvalue weighted by atomic mass is 10.2. The fraction of sp³-hybridized carbons (Fsp3) is 0.269. The summed E-state index contributed by atoms with van der Waals surface area (Å²) in [4.78, 5) is 32.9. The number of benzene rings is 2. The van der Waals surface area contributed by atoms with Gasteiger partial charge in [0.25, 0.3) is 0 Å². The normalized spacial score (nSPS) is 12.0. The lowest BCUT2D eigenvalue weighted by molar-refractivity contribution is -0.122. The van der Waals surface area contributed by atoms with Gasteiger partial charge in [-0.2, -0.15) is 5.10 Å². The van der Waals surface area contributed by atoms with Gasteiger partial charge >= 0.3 is 6.09 Å². The maximum Gasteiger partial charge on any atom is 0.408 e. The van der Waals surface area contributed by atoms with Gasteiger partial charge in [-0.1, -0.05) is 29.8 Å². The number of carbonyl (C=O) groups excluding carboxylic acids is 2. The van der Waals surface area contributed by atoms with Crippen LogP contribution in [0.1, 0.15) is 33.3 Å². The number of amides is 2. The van der Waals surface area contributed by atoms with Crippen molar-refractivity contribution in [1.82, 2.24) is 30.8 Å². The summed E-state index contributed by atoms with van der Waals surface area (Å²) >= 11 is 6.11. The number of hydrogen-bond donors (Lipinski definition) is 5. The van der Waals surface area contributed by atoms with Gasteiger partial charge in [-0.3, -0.25) is 9.89 Å². The second-order valence-electron chi connectivity index (χ2n) is 9.56. The first-order valence-corrected chi connectivity index (χ1v) is 12.3. The van der Waals surface area contributed by atoms with E-state index in [1.807, 2.05) is 36.4 Å². The molecule has 38 heavy (non-hydrogen) atoms. The van der Waals surface area contributed by atoms with E-state index in [0.29, 0.717) is 34.2 Å². The molecule has 4 rings (SSSR count). The molecular weight excluding hydrogens is 508 g/mol. The first kappa shape index (κ1) is 26.7. The van der Waals surface area contributed by atoms with E-state index in [-0.39, 0.29) is 5.91 Å². The van der Waals surface area contributed by atoms with E-state index in [4.69, 9.17) is 16.3 Å². The molecule has 4 aromatic rings. The third-order valence-corrected chi connectivity index (χ3v) is 5.49. The summed E-state index contributed by atoms with van der Waals surface area (Å²) in [5, 5.41) is 20.4. The van der Waals surface area contributed by atoms with Crippen molar-refractivity contribution in [1.29, 1.82) is 0 Å². The van der Waals surface area contributed by atoms with Crippen molar-refractivity contribution in [3.05, 3.63) is 65.4 Å². The van der Waals surface area contributed by atoms with Gasteiger partial charge in [0.1, 0.15) is 29.2 Å². The fourth-order valence-corrected chi connectivity index (χ4v) is 3.67.